The largest absolute Gasteiger partial charge is 0.405 e. The van der Waals surface area contributed by atoms with Crippen molar-refractivity contribution in [3.05, 3.63) is 78.4 Å². The summed E-state index contributed by atoms with van der Waals surface area (Å²) in [6.45, 7) is 5.06. The molecule has 0 radical (unpaired) electrons. The summed E-state index contributed by atoms with van der Waals surface area (Å²) in [5, 5.41) is 0.515. The molecule has 3 rings (SSSR count). The van der Waals surface area contributed by atoms with E-state index in [0.29, 0.717) is 5.02 Å². The van der Waals surface area contributed by atoms with Gasteiger partial charge in [0.1, 0.15) is 0 Å². The second kappa shape index (κ2) is 8.79. The molecule has 2 aromatic heterocycles. The molecule has 0 bridgehead atoms. The van der Waals surface area contributed by atoms with E-state index in [1.807, 2.05) is 25.1 Å². The van der Waals surface area contributed by atoms with E-state index in [2.05, 4.69) is 22.3 Å². The van der Waals surface area contributed by atoms with Gasteiger partial charge in [0, 0.05) is 35.5 Å². The molecule has 0 spiro atoms. The highest BCUT2D eigenvalue weighted by Gasteiger charge is 2.12. The number of pyridine rings is 2. The number of aryl methyl sites for hydroxylation is 1. The molecule has 2 N–H and O–H groups in total. The van der Waals surface area contributed by atoms with Gasteiger partial charge >= 0.3 is 0 Å². The number of hydrogen-bond acceptors (Lipinski definition) is 5. The summed E-state index contributed by atoms with van der Waals surface area (Å²) >= 11 is 6.11. The van der Waals surface area contributed by atoms with Crippen LogP contribution in [0.5, 0.6) is 0 Å². The van der Waals surface area contributed by atoms with E-state index in [-0.39, 0.29) is 4.90 Å². The molecule has 0 aliphatic carbocycles. The van der Waals surface area contributed by atoms with Gasteiger partial charge in [-0.25, -0.2) is 8.42 Å². The number of aromatic nitrogens is 2. The maximum atomic E-state index is 11.6. The van der Waals surface area contributed by atoms with Crippen LogP contribution in [0.2, 0.25) is 5.02 Å². The molecule has 3 aromatic rings. The first kappa shape index (κ1) is 20.6. The Bertz CT molecular complexity index is 1030. The van der Waals surface area contributed by atoms with Crippen LogP contribution < -0.4 is 5.73 Å². The molecular weight excluding hydrogens is 382 g/mol. The fourth-order valence-corrected chi connectivity index (χ4v) is 3.17. The zero-order valence-electron chi connectivity index (χ0n) is 15.1. The molecule has 5 nitrogen and oxygen atoms in total. The zero-order chi connectivity index (χ0) is 20.0. The molecule has 2 heterocycles. The Morgan fingerprint density at radius 1 is 1.04 bits per heavy atom. The van der Waals surface area contributed by atoms with Gasteiger partial charge < -0.3 is 5.73 Å². The van der Waals surface area contributed by atoms with E-state index in [1.165, 1.54) is 12.5 Å². The van der Waals surface area contributed by atoms with Gasteiger partial charge in [-0.1, -0.05) is 30.3 Å². The van der Waals surface area contributed by atoms with Crippen molar-refractivity contribution in [3.8, 4) is 22.4 Å². The predicted octanol–water partition coefficient (Wildman–Crippen LogP) is 4.26. The average molecular weight is 402 g/mol. The molecule has 0 aliphatic heterocycles. The average Bonchev–Trinajstić information content (AvgIpc) is 2.63. The summed E-state index contributed by atoms with van der Waals surface area (Å²) in [5.41, 5.74) is 8.83. The van der Waals surface area contributed by atoms with Crippen molar-refractivity contribution < 1.29 is 8.42 Å². The quantitative estimate of drug-likeness (QED) is 0.708. The molecule has 1 aromatic carbocycles. The molecule has 0 atom stereocenters. The van der Waals surface area contributed by atoms with Crippen LogP contribution in [-0.4, -0.2) is 24.6 Å². The number of nitrogens with zero attached hydrogens (tertiary/aromatic N) is 2. The second-order valence-electron chi connectivity index (χ2n) is 5.77. The third-order valence-corrected chi connectivity index (χ3v) is 4.97. The monoisotopic (exact) mass is 401 g/mol. The first-order valence-corrected chi connectivity index (χ1v) is 10.2. The molecule has 7 heteroatoms. The van der Waals surface area contributed by atoms with Crippen LogP contribution in [0, 0.1) is 6.92 Å². The first-order chi connectivity index (χ1) is 12.8. The van der Waals surface area contributed by atoms with Gasteiger partial charge in [0.05, 0.1) is 15.6 Å². The third kappa shape index (κ3) is 5.39. The molecule has 0 unspecified atom stereocenters. The van der Waals surface area contributed by atoms with E-state index < -0.39 is 9.84 Å². The lowest BCUT2D eigenvalue weighted by Gasteiger charge is -2.10. The number of sulfone groups is 1. The van der Waals surface area contributed by atoms with Crippen LogP contribution >= 0.6 is 11.6 Å². The first-order valence-electron chi connectivity index (χ1n) is 7.98. The fourth-order valence-electron chi connectivity index (χ4n) is 2.38. The van der Waals surface area contributed by atoms with Crippen molar-refractivity contribution in [2.75, 3.05) is 6.26 Å². The lowest BCUT2D eigenvalue weighted by atomic mass is 10.0. The molecule has 0 aliphatic rings. The number of hydrogen-bond donors (Lipinski definition) is 1. The van der Waals surface area contributed by atoms with Gasteiger partial charge in [0.15, 0.2) is 9.84 Å². The highest BCUT2D eigenvalue weighted by atomic mass is 35.5. The van der Waals surface area contributed by atoms with E-state index in [9.17, 15) is 8.42 Å². The van der Waals surface area contributed by atoms with E-state index in [0.717, 1.165) is 28.1 Å². The Kier molecular flexibility index (Phi) is 6.71. The van der Waals surface area contributed by atoms with Gasteiger partial charge in [-0.15, -0.1) is 0 Å². The summed E-state index contributed by atoms with van der Waals surface area (Å²) in [6, 6.07) is 12.4. The van der Waals surface area contributed by atoms with Crippen LogP contribution in [0.4, 0.5) is 0 Å². The van der Waals surface area contributed by atoms with Gasteiger partial charge in [-0.3, -0.25) is 9.97 Å². The lowest BCUT2D eigenvalue weighted by Crippen LogP contribution is -1.97. The smallest absolute Gasteiger partial charge is 0.175 e. The second-order valence-corrected chi connectivity index (χ2v) is 8.22. The standard InChI is InChI=1S/C18H15ClN2O2S.C2H5N/c1-12-3-4-14(10-20-12)18-17(9-15(19)11-21-18)13-5-7-16(8-6-13)24(2,22)23;1-2-3/h3-11H,1-2H3;2H,1,3H2. The van der Waals surface area contributed by atoms with Crippen LogP contribution in [-0.2, 0) is 9.84 Å². The molecule has 140 valence electrons. The Balaban J connectivity index is 0.000000817. The Hall–Kier alpha value is -2.70. The molecule has 0 saturated carbocycles. The van der Waals surface area contributed by atoms with Crippen LogP contribution in [0.25, 0.3) is 22.4 Å². The van der Waals surface area contributed by atoms with Crippen molar-refractivity contribution in [2.45, 2.75) is 11.8 Å². The summed E-state index contributed by atoms with van der Waals surface area (Å²) < 4.78 is 23.2. The van der Waals surface area contributed by atoms with Crippen molar-refractivity contribution in [2.24, 2.45) is 5.73 Å². The number of halogens is 1. The highest BCUT2D eigenvalue weighted by molar-refractivity contribution is 7.90. The van der Waals surface area contributed by atoms with Gasteiger partial charge in [0.2, 0.25) is 0 Å². The van der Waals surface area contributed by atoms with Crippen molar-refractivity contribution in [3.63, 3.8) is 0 Å². The van der Waals surface area contributed by atoms with E-state index in [1.54, 1.807) is 36.7 Å². The SMILES string of the molecule is C=CN.Cc1ccc(-c2ncc(Cl)cc2-c2ccc(S(C)(=O)=O)cc2)cn1. The van der Waals surface area contributed by atoms with Crippen molar-refractivity contribution >= 4 is 21.4 Å². The number of benzene rings is 1. The molecule has 0 fully saturated rings. The summed E-state index contributed by atoms with van der Waals surface area (Å²) in [5.74, 6) is 0. The van der Waals surface area contributed by atoms with Crippen LogP contribution in [0.3, 0.4) is 0 Å². The Morgan fingerprint density at radius 3 is 2.15 bits per heavy atom. The molecule has 27 heavy (non-hydrogen) atoms. The van der Waals surface area contributed by atoms with Gasteiger partial charge in [-0.2, -0.15) is 0 Å². The molecule has 0 saturated heterocycles. The predicted molar refractivity (Wildman–Crippen MR) is 110 cm³/mol. The van der Waals surface area contributed by atoms with Crippen molar-refractivity contribution in [1.82, 2.24) is 9.97 Å². The van der Waals surface area contributed by atoms with Crippen LogP contribution in [0.1, 0.15) is 5.69 Å². The van der Waals surface area contributed by atoms with Gasteiger partial charge in [0.25, 0.3) is 0 Å². The number of nitrogens with two attached hydrogens (primary N) is 1. The van der Waals surface area contributed by atoms with E-state index in [4.69, 9.17) is 11.6 Å². The topological polar surface area (TPSA) is 85.9 Å². The van der Waals surface area contributed by atoms with Crippen LogP contribution in [0.15, 0.2) is 72.5 Å². The maximum absolute atomic E-state index is 11.6. The van der Waals surface area contributed by atoms with Gasteiger partial charge in [-0.05, 0) is 49.0 Å². The normalized spacial score (nSPS) is 10.6. The maximum Gasteiger partial charge on any atom is 0.175 e. The zero-order valence-corrected chi connectivity index (χ0v) is 16.6. The Labute approximate surface area is 164 Å². The summed E-state index contributed by atoms with van der Waals surface area (Å²) in [7, 11) is -3.23. The Morgan fingerprint density at radius 2 is 1.63 bits per heavy atom. The molecular formula is C20H20ClN3O2S. The fraction of sp³-hybridized carbons (Fsp3) is 0.100. The number of rotatable bonds is 3. The van der Waals surface area contributed by atoms with Crippen molar-refractivity contribution in [1.29, 1.82) is 0 Å². The van der Waals surface area contributed by atoms with E-state index >= 15 is 0 Å². The summed E-state index contributed by atoms with van der Waals surface area (Å²) in [4.78, 5) is 9.02. The summed E-state index contributed by atoms with van der Waals surface area (Å²) in [6.07, 6.45) is 5.79. The third-order valence-electron chi connectivity index (χ3n) is 3.63. The highest BCUT2D eigenvalue weighted by Crippen LogP contribution is 2.32. The minimum atomic E-state index is -3.23. The lowest BCUT2D eigenvalue weighted by molar-refractivity contribution is 0.602. The molecule has 0 amide bonds. The minimum Gasteiger partial charge on any atom is -0.405 e. The minimum absolute atomic E-state index is 0.278.